The van der Waals surface area contributed by atoms with Crippen molar-refractivity contribution in [2.24, 2.45) is 5.92 Å². The van der Waals surface area contributed by atoms with Gasteiger partial charge in [-0.15, -0.1) is 0 Å². The SMILES string of the molecule is CC(C)O[SiH](OC1CC1)C(C)(C)C(C)C. The van der Waals surface area contributed by atoms with Crippen LogP contribution in [0.25, 0.3) is 0 Å². The van der Waals surface area contributed by atoms with E-state index < -0.39 is 9.28 Å². The van der Waals surface area contributed by atoms with Crippen molar-refractivity contribution in [2.75, 3.05) is 0 Å². The standard InChI is InChI=1S/C12H26O2Si/c1-9(2)12(5,6)15(13-10(3)4)14-11-7-8-11/h9-11,15H,7-8H2,1-6H3. The van der Waals surface area contributed by atoms with Gasteiger partial charge in [-0.2, -0.15) is 0 Å². The third-order valence-corrected chi connectivity index (χ3v) is 6.64. The fourth-order valence-electron chi connectivity index (χ4n) is 1.28. The molecule has 0 amide bonds. The maximum absolute atomic E-state index is 6.12. The number of hydrogen-bond donors (Lipinski definition) is 0. The molecule has 1 fully saturated rings. The molecule has 1 unspecified atom stereocenters. The summed E-state index contributed by atoms with van der Waals surface area (Å²) >= 11 is 0. The van der Waals surface area contributed by atoms with Gasteiger partial charge in [-0.1, -0.05) is 27.7 Å². The van der Waals surface area contributed by atoms with E-state index in [2.05, 4.69) is 41.5 Å². The molecule has 15 heavy (non-hydrogen) atoms. The van der Waals surface area contributed by atoms with Crippen molar-refractivity contribution in [3.8, 4) is 0 Å². The lowest BCUT2D eigenvalue weighted by atomic mass is 9.99. The van der Waals surface area contributed by atoms with Gasteiger partial charge in [0.05, 0.1) is 0 Å². The monoisotopic (exact) mass is 230 g/mol. The Bertz CT molecular complexity index is 194. The Morgan fingerprint density at radius 1 is 1.13 bits per heavy atom. The predicted molar refractivity (Wildman–Crippen MR) is 66.4 cm³/mol. The van der Waals surface area contributed by atoms with Crippen LogP contribution in [0.4, 0.5) is 0 Å². The lowest BCUT2D eigenvalue weighted by Gasteiger charge is -2.36. The molecule has 0 aromatic heterocycles. The Morgan fingerprint density at radius 2 is 1.67 bits per heavy atom. The van der Waals surface area contributed by atoms with E-state index in [1.165, 1.54) is 12.8 Å². The largest absolute Gasteiger partial charge is 0.394 e. The van der Waals surface area contributed by atoms with Crippen LogP contribution in [0.1, 0.15) is 54.4 Å². The highest BCUT2D eigenvalue weighted by Crippen LogP contribution is 2.41. The third-order valence-electron chi connectivity index (χ3n) is 3.33. The maximum Gasteiger partial charge on any atom is 0.328 e. The highest BCUT2D eigenvalue weighted by Gasteiger charge is 2.41. The van der Waals surface area contributed by atoms with Gasteiger partial charge in [0, 0.05) is 17.2 Å². The molecular formula is C12H26O2Si. The van der Waals surface area contributed by atoms with Crippen LogP contribution >= 0.6 is 0 Å². The molecular weight excluding hydrogens is 204 g/mol. The fraction of sp³-hybridized carbons (Fsp3) is 1.00. The molecule has 0 radical (unpaired) electrons. The van der Waals surface area contributed by atoms with Crippen LogP contribution in [0.2, 0.25) is 5.04 Å². The van der Waals surface area contributed by atoms with Gasteiger partial charge in [-0.3, -0.25) is 0 Å². The molecule has 90 valence electrons. The number of rotatable bonds is 6. The van der Waals surface area contributed by atoms with Crippen molar-refractivity contribution in [2.45, 2.75) is 71.6 Å². The molecule has 1 rings (SSSR count). The minimum atomic E-state index is -1.55. The first-order valence-electron chi connectivity index (χ1n) is 6.15. The van der Waals surface area contributed by atoms with E-state index in [0.717, 1.165) is 0 Å². The minimum absolute atomic E-state index is 0.215. The van der Waals surface area contributed by atoms with Crippen LogP contribution in [0.5, 0.6) is 0 Å². The molecule has 3 heteroatoms. The smallest absolute Gasteiger partial charge is 0.328 e. The van der Waals surface area contributed by atoms with Crippen molar-refractivity contribution >= 4 is 9.28 Å². The van der Waals surface area contributed by atoms with Crippen LogP contribution in [0, 0.1) is 5.92 Å². The second-order valence-electron chi connectivity index (χ2n) is 5.83. The quantitative estimate of drug-likeness (QED) is 0.652. The molecule has 0 bridgehead atoms. The van der Waals surface area contributed by atoms with Crippen molar-refractivity contribution in [3.63, 3.8) is 0 Å². The first kappa shape index (κ1) is 13.2. The van der Waals surface area contributed by atoms with E-state index in [0.29, 0.717) is 18.1 Å². The van der Waals surface area contributed by atoms with E-state index in [-0.39, 0.29) is 5.04 Å². The average Bonchev–Trinajstić information content (AvgIpc) is 2.85. The molecule has 0 spiro atoms. The summed E-state index contributed by atoms with van der Waals surface area (Å²) < 4.78 is 12.2. The van der Waals surface area contributed by atoms with E-state index >= 15 is 0 Å². The van der Waals surface area contributed by atoms with Crippen LogP contribution in [0.3, 0.4) is 0 Å². The van der Waals surface area contributed by atoms with Gasteiger partial charge >= 0.3 is 9.28 Å². The van der Waals surface area contributed by atoms with Crippen molar-refractivity contribution in [1.82, 2.24) is 0 Å². The molecule has 1 aliphatic rings. The van der Waals surface area contributed by atoms with Crippen molar-refractivity contribution < 1.29 is 8.85 Å². The van der Waals surface area contributed by atoms with Gasteiger partial charge in [0.1, 0.15) is 0 Å². The first-order valence-corrected chi connectivity index (χ1v) is 7.67. The van der Waals surface area contributed by atoms with Crippen LogP contribution in [-0.4, -0.2) is 21.5 Å². The van der Waals surface area contributed by atoms with Gasteiger partial charge in [-0.05, 0) is 32.6 Å². The highest BCUT2D eigenvalue weighted by molar-refractivity contribution is 6.48. The predicted octanol–water partition coefficient (Wildman–Crippen LogP) is 3.25. The van der Waals surface area contributed by atoms with Crippen molar-refractivity contribution in [1.29, 1.82) is 0 Å². The third kappa shape index (κ3) is 3.89. The first-order chi connectivity index (χ1) is 6.84. The van der Waals surface area contributed by atoms with Gasteiger partial charge in [0.25, 0.3) is 0 Å². The lowest BCUT2D eigenvalue weighted by Crippen LogP contribution is -2.40. The summed E-state index contributed by atoms with van der Waals surface area (Å²) in [5, 5.41) is 0.215. The fourth-order valence-corrected chi connectivity index (χ4v) is 3.71. The summed E-state index contributed by atoms with van der Waals surface area (Å²) in [6, 6.07) is 0. The summed E-state index contributed by atoms with van der Waals surface area (Å²) in [6.45, 7) is 13.3. The van der Waals surface area contributed by atoms with E-state index in [9.17, 15) is 0 Å². The summed E-state index contributed by atoms with van der Waals surface area (Å²) in [5.74, 6) is 0.617. The molecule has 0 saturated heterocycles. The maximum atomic E-state index is 6.12. The van der Waals surface area contributed by atoms with Crippen LogP contribution < -0.4 is 0 Å². The van der Waals surface area contributed by atoms with Gasteiger partial charge < -0.3 is 8.85 Å². The van der Waals surface area contributed by atoms with Gasteiger partial charge in [0.2, 0.25) is 0 Å². The zero-order chi connectivity index (χ0) is 11.6. The molecule has 0 N–H and O–H groups in total. The minimum Gasteiger partial charge on any atom is -0.394 e. The zero-order valence-electron chi connectivity index (χ0n) is 11.0. The van der Waals surface area contributed by atoms with Gasteiger partial charge in [-0.25, -0.2) is 0 Å². The second-order valence-corrected chi connectivity index (χ2v) is 8.52. The second kappa shape index (κ2) is 4.98. The molecule has 2 nitrogen and oxygen atoms in total. The normalized spacial score (nSPS) is 20.0. The molecule has 1 atom stereocenters. The molecule has 1 saturated carbocycles. The molecule has 0 aliphatic heterocycles. The molecule has 0 aromatic carbocycles. The Balaban J connectivity index is 2.59. The number of hydrogen-bond acceptors (Lipinski definition) is 2. The molecule has 1 aliphatic carbocycles. The Hall–Kier alpha value is 0.137. The Kier molecular flexibility index (Phi) is 4.38. The van der Waals surface area contributed by atoms with Gasteiger partial charge in [0.15, 0.2) is 0 Å². The van der Waals surface area contributed by atoms with E-state index in [1.54, 1.807) is 0 Å². The summed E-state index contributed by atoms with van der Waals surface area (Å²) in [6.07, 6.45) is 3.27. The van der Waals surface area contributed by atoms with Crippen LogP contribution in [0.15, 0.2) is 0 Å². The Morgan fingerprint density at radius 3 is 2.00 bits per heavy atom. The molecule has 0 aromatic rings. The molecule has 0 heterocycles. The summed E-state index contributed by atoms with van der Waals surface area (Å²) in [7, 11) is -1.55. The Labute approximate surface area is 96.2 Å². The average molecular weight is 230 g/mol. The zero-order valence-corrected chi connectivity index (χ0v) is 12.2. The summed E-state index contributed by atoms with van der Waals surface area (Å²) in [5.41, 5.74) is 0. The lowest BCUT2D eigenvalue weighted by molar-refractivity contribution is 0.125. The van der Waals surface area contributed by atoms with Crippen molar-refractivity contribution in [3.05, 3.63) is 0 Å². The topological polar surface area (TPSA) is 18.5 Å². The van der Waals surface area contributed by atoms with E-state index in [4.69, 9.17) is 8.85 Å². The highest BCUT2D eigenvalue weighted by atomic mass is 28.3. The van der Waals surface area contributed by atoms with E-state index in [1.807, 2.05) is 0 Å². The summed E-state index contributed by atoms with van der Waals surface area (Å²) in [4.78, 5) is 0. The van der Waals surface area contributed by atoms with Crippen LogP contribution in [-0.2, 0) is 8.85 Å².